The van der Waals surface area contributed by atoms with Gasteiger partial charge in [0.25, 0.3) is 15.9 Å². The molecule has 1 aliphatic carbocycles. The van der Waals surface area contributed by atoms with Gasteiger partial charge in [-0.2, -0.15) is 5.10 Å². The van der Waals surface area contributed by atoms with E-state index >= 15 is 0 Å². The first-order valence-corrected chi connectivity index (χ1v) is 14.9. The molecule has 0 heterocycles. The van der Waals surface area contributed by atoms with Crippen LogP contribution in [0, 0.1) is 6.92 Å². The van der Waals surface area contributed by atoms with Gasteiger partial charge >= 0.3 is 0 Å². The summed E-state index contributed by atoms with van der Waals surface area (Å²) in [6.45, 7) is 1.45. The molecule has 1 aliphatic rings. The van der Waals surface area contributed by atoms with Crippen molar-refractivity contribution in [2.75, 3.05) is 18.0 Å². The SMILES string of the molecule is COc1ccc(N(CC(=O)NN=C2CCCCCCCCCCC2)S(=O)(=O)c2ccc(C)cc2)cc1Cl. The zero-order chi connectivity index (χ0) is 26.7. The zero-order valence-corrected chi connectivity index (χ0v) is 23.4. The van der Waals surface area contributed by atoms with E-state index in [2.05, 4.69) is 10.5 Å². The molecule has 2 aromatic rings. The fraction of sp³-hybridized carbons (Fsp3) is 0.500. The molecule has 0 spiro atoms. The molecule has 3 rings (SSSR count). The van der Waals surface area contributed by atoms with Crippen LogP contribution in [-0.2, 0) is 14.8 Å². The lowest BCUT2D eigenvalue weighted by molar-refractivity contribution is -0.119. The Labute approximate surface area is 226 Å². The monoisotopic (exact) mass is 547 g/mol. The van der Waals surface area contributed by atoms with Gasteiger partial charge in [0, 0.05) is 5.71 Å². The second kappa shape index (κ2) is 14.4. The summed E-state index contributed by atoms with van der Waals surface area (Å²) in [4.78, 5) is 13.1. The molecule has 9 heteroatoms. The fourth-order valence-corrected chi connectivity index (χ4v) is 6.07. The van der Waals surface area contributed by atoms with Crippen molar-refractivity contribution in [3.05, 3.63) is 53.1 Å². The molecule has 1 fully saturated rings. The smallest absolute Gasteiger partial charge is 0.264 e. The van der Waals surface area contributed by atoms with Gasteiger partial charge < -0.3 is 4.74 Å². The number of ether oxygens (including phenoxy) is 1. The third-order valence-electron chi connectivity index (χ3n) is 6.59. The number of carbonyl (C=O) groups excluding carboxylic acids is 1. The van der Waals surface area contributed by atoms with Crippen LogP contribution < -0.4 is 14.5 Å². The van der Waals surface area contributed by atoms with E-state index in [4.69, 9.17) is 16.3 Å². The van der Waals surface area contributed by atoms with Crippen molar-refractivity contribution in [1.29, 1.82) is 0 Å². The Balaban J connectivity index is 1.80. The number of halogens is 1. The van der Waals surface area contributed by atoms with E-state index in [1.54, 1.807) is 24.3 Å². The van der Waals surface area contributed by atoms with Crippen molar-refractivity contribution < 1.29 is 17.9 Å². The molecule has 0 atom stereocenters. The molecule has 1 saturated carbocycles. The van der Waals surface area contributed by atoms with Gasteiger partial charge in [-0.05, 0) is 62.9 Å². The maximum absolute atomic E-state index is 13.6. The second-order valence-corrected chi connectivity index (χ2v) is 11.8. The Kier molecular flexibility index (Phi) is 11.3. The van der Waals surface area contributed by atoms with E-state index in [1.807, 2.05) is 6.92 Å². The number of aryl methyl sites for hydroxylation is 1. The summed E-state index contributed by atoms with van der Waals surface area (Å²) >= 11 is 6.30. The summed E-state index contributed by atoms with van der Waals surface area (Å²) in [6.07, 6.45) is 12.5. The number of anilines is 1. The molecule has 202 valence electrons. The number of hydrazone groups is 1. The number of nitrogens with zero attached hydrogens (tertiary/aromatic N) is 2. The molecule has 1 amide bonds. The molecule has 0 radical (unpaired) electrons. The number of rotatable bonds is 7. The number of amides is 1. The molecule has 0 saturated heterocycles. The van der Waals surface area contributed by atoms with Crippen molar-refractivity contribution in [2.45, 2.75) is 82.4 Å². The summed E-state index contributed by atoms with van der Waals surface area (Å²) in [5.74, 6) is -0.0994. The van der Waals surface area contributed by atoms with Crippen LogP contribution in [0.25, 0.3) is 0 Å². The predicted molar refractivity (Wildman–Crippen MR) is 150 cm³/mol. The van der Waals surface area contributed by atoms with Gasteiger partial charge in [0.2, 0.25) is 0 Å². The number of carbonyl (C=O) groups is 1. The molecular formula is C28H38ClN3O4S. The molecule has 7 nitrogen and oxygen atoms in total. The van der Waals surface area contributed by atoms with E-state index in [9.17, 15) is 13.2 Å². The average Bonchev–Trinajstić information content (AvgIpc) is 2.87. The van der Waals surface area contributed by atoms with Crippen LogP contribution in [0.1, 0.15) is 76.2 Å². The van der Waals surface area contributed by atoms with Crippen LogP contribution in [0.5, 0.6) is 5.75 Å². The van der Waals surface area contributed by atoms with E-state index in [0.717, 1.165) is 54.1 Å². The van der Waals surface area contributed by atoms with Crippen molar-refractivity contribution in [1.82, 2.24) is 5.43 Å². The van der Waals surface area contributed by atoms with Gasteiger partial charge in [-0.15, -0.1) is 0 Å². The van der Waals surface area contributed by atoms with E-state index in [1.165, 1.54) is 57.4 Å². The third kappa shape index (κ3) is 8.75. The van der Waals surface area contributed by atoms with Crippen molar-refractivity contribution in [3.8, 4) is 5.75 Å². The zero-order valence-electron chi connectivity index (χ0n) is 21.8. The maximum Gasteiger partial charge on any atom is 0.264 e. The van der Waals surface area contributed by atoms with Crippen LogP contribution >= 0.6 is 11.6 Å². The lowest BCUT2D eigenvalue weighted by Crippen LogP contribution is -2.39. The van der Waals surface area contributed by atoms with Gasteiger partial charge in [0.15, 0.2) is 0 Å². The quantitative estimate of drug-likeness (QED) is 0.394. The first-order chi connectivity index (χ1) is 17.8. The number of hydrogen-bond acceptors (Lipinski definition) is 5. The summed E-state index contributed by atoms with van der Waals surface area (Å²) in [7, 11) is -2.56. The van der Waals surface area contributed by atoms with E-state index < -0.39 is 22.5 Å². The van der Waals surface area contributed by atoms with Crippen molar-refractivity contribution in [2.24, 2.45) is 5.10 Å². The topological polar surface area (TPSA) is 88.1 Å². The molecule has 2 aromatic carbocycles. The van der Waals surface area contributed by atoms with Crippen LogP contribution in [0.4, 0.5) is 5.69 Å². The molecule has 0 aromatic heterocycles. The maximum atomic E-state index is 13.6. The number of benzene rings is 2. The first kappa shape index (κ1) is 29.0. The molecular weight excluding hydrogens is 510 g/mol. The Morgan fingerprint density at radius 2 is 1.51 bits per heavy atom. The number of nitrogens with one attached hydrogen (secondary N) is 1. The highest BCUT2D eigenvalue weighted by Crippen LogP contribution is 2.32. The van der Waals surface area contributed by atoms with Crippen LogP contribution in [-0.4, -0.2) is 33.7 Å². The first-order valence-electron chi connectivity index (χ1n) is 13.1. The molecule has 1 N–H and O–H groups in total. The van der Waals surface area contributed by atoms with E-state index in [0.29, 0.717) is 5.75 Å². The lowest BCUT2D eigenvalue weighted by atomic mass is 10.00. The number of hydrogen-bond donors (Lipinski definition) is 1. The van der Waals surface area contributed by atoms with Crippen LogP contribution in [0.3, 0.4) is 0 Å². The van der Waals surface area contributed by atoms with Crippen LogP contribution in [0.2, 0.25) is 5.02 Å². The summed E-state index contributed by atoms with van der Waals surface area (Å²) < 4.78 is 33.5. The Bertz CT molecular complexity index is 1150. The Morgan fingerprint density at radius 3 is 2.05 bits per heavy atom. The summed E-state index contributed by atoms with van der Waals surface area (Å²) in [5.41, 5.74) is 4.78. The molecule has 0 aliphatic heterocycles. The van der Waals surface area contributed by atoms with Gasteiger partial charge in [-0.1, -0.05) is 74.2 Å². The fourth-order valence-electron chi connectivity index (χ4n) is 4.40. The highest BCUT2D eigenvalue weighted by Gasteiger charge is 2.28. The molecule has 0 bridgehead atoms. The normalized spacial score (nSPS) is 15.7. The molecule has 37 heavy (non-hydrogen) atoms. The van der Waals surface area contributed by atoms with Gasteiger partial charge in [0.1, 0.15) is 12.3 Å². The largest absolute Gasteiger partial charge is 0.495 e. The minimum absolute atomic E-state index is 0.0865. The van der Waals surface area contributed by atoms with Crippen molar-refractivity contribution in [3.63, 3.8) is 0 Å². The Hall–Kier alpha value is -2.58. The third-order valence-corrected chi connectivity index (χ3v) is 8.67. The standard InChI is InChI=1S/C28H38ClN3O4S/c1-22-14-17-25(18-15-22)37(34,35)32(24-16-19-27(36-2)26(29)20-24)21-28(33)31-30-23-12-10-8-6-4-3-5-7-9-11-13-23/h14-20H,3-13,21H2,1-2H3,(H,31,33). The molecule has 0 unspecified atom stereocenters. The summed E-state index contributed by atoms with van der Waals surface area (Å²) in [5, 5.41) is 4.67. The average molecular weight is 548 g/mol. The highest BCUT2D eigenvalue weighted by atomic mass is 35.5. The second-order valence-electron chi connectivity index (χ2n) is 9.54. The van der Waals surface area contributed by atoms with E-state index in [-0.39, 0.29) is 15.6 Å². The minimum Gasteiger partial charge on any atom is -0.495 e. The lowest BCUT2D eigenvalue weighted by Gasteiger charge is -2.24. The highest BCUT2D eigenvalue weighted by molar-refractivity contribution is 7.92. The van der Waals surface area contributed by atoms with Gasteiger partial charge in [0.05, 0.1) is 22.7 Å². The minimum atomic E-state index is -4.05. The Morgan fingerprint density at radius 1 is 0.946 bits per heavy atom. The summed E-state index contributed by atoms with van der Waals surface area (Å²) in [6, 6.07) is 11.2. The van der Waals surface area contributed by atoms with Gasteiger partial charge in [-0.3, -0.25) is 9.10 Å². The van der Waals surface area contributed by atoms with Crippen molar-refractivity contribution >= 4 is 38.9 Å². The number of methoxy groups -OCH3 is 1. The predicted octanol–water partition coefficient (Wildman–Crippen LogP) is 6.63. The number of sulfonamides is 1. The van der Waals surface area contributed by atoms with Crippen LogP contribution in [0.15, 0.2) is 52.5 Å². The van der Waals surface area contributed by atoms with Gasteiger partial charge in [-0.25, -0.2) is 13.8 Å².